The molecule has 0 aliphatic heterocycles. The monoisotopic (exact) mass is 303 g/mol. The summed E-state index contributed by atoms with van der Waals surface area (Å²) in [6.45, 7) is 10.9. The van der Waals surface area contributed by atoms with Crippen LogP contribution in [0.2, 0.25) is 0 Å². The van der Waals surface area contributed by atoms with Crippen LogP contribution in [0.1, 0.15) is 79.6 Å². The molecule has 0 saturated heterocycles. The van der Waals surface area contributed by atoms with E-state index < -0.39 is 0 Å². The number of carbonyl (C=O) groups excluding carboxylic acids is 1. The first-order valence-electron chi connectivity index (χ1n) is 8.48. The normalized spacial score (nSPS) is 13.2. The lowest BCUT2D eigenvalue weighted by molar-refractivity contribution is -0.109. The van der Waals surface area contributed by atoms with E-state index in [1.807, 2.05) is 11.8 Å². The summed E-state index contributed by atoms with van der Waals surface area (Å²) in [6.07, 6.45) is 9.56. The van der Waals surface area contributed by atoms with Crippen molar-refractivity contribution in [1.82, 2.24) is 5.32 Å². The third-order valence-corrected chi connectivity index (χ3v) is 4.16. The van der Waals surface area contributed by atoms with E-state index in [0.717, 1.165) is 30.6 Å². The number of hydrogen-bond acceptors (Lipinski definition) is 3. The minimum Gasteiger partial charge on any atom is -0.305 e. The van der Waals surface area contributed by atoms with Crippen molar-refractivity contribution < 1.29 is 4.79 Å². The van der Waals surface area contributed by atoms with Gasteiger partial charge in [0.2, 0.25) is 0 Å². The van der Waals surface area contributed by atoms with E-state index in [1.54, 1.807) is 0 Å². The zero-order valence-electron chi connectivity index (χ0n) is 14.4. The molecule has 122 valence electrons. The van der Waals surface area contributed by atoms with Gasteiger partial charge >= 0.3 is 0 Å². The number of thioether (sulfide) groups is 1. The minimum atomic E-state index is 0.0561. The largest absolute Gasteiger partial charge is 0.305 e. The van der Waals surface area contributed by atoms with E-state index in [2.05, 4.69) is 39.9 Å². The Morgan fingerprint density at radius 3 is 2.00 bits per heavy atom. The molecule has 2 atom stereocenters. The van der Waals surface area contributed by atoms with Gasteiger partial charge in [0.1, 0.15) is 6.29 Å². The zero-order chi connectivity index (χ0) is 15.6. The van der Waals surface area contributed by atoms with Gasteiger partial charge in [-0.25, -0.2) is 0 Å². The predicted octanol–water partition coefficient (Wildman–Crippen LogP) is 5.06. The van der Waals surface area contributed by atoms with Gasteiger partial charge in [-0.2, -0.15) is 11.8 Å². The molecule has 0 fully saturated rings. The molecule has 3 heteroatoms. The van der Waals surface area contributed by atoms with E-state index in [4.69, 9.17) is 0 Å². The van der Waals surface area contributed by atoms with E-state index in [9.17, 15) is 4.79 Å². The summed E-state index contributed by atoms with van der Waals surface area (Å²) in [5.74, 6) is 2.22. The maximum absolute atomic E-state index is 10.9. The number of nitrogens with one attached hydrogen (secondary N) is 1. The van der Waals surface area contributed by atoms with Crippen molar-refractivity contribution in [3.63, 3.8) is 0 Å². The fourth-order valence-corrected chi connectivity index (χ4v) is 2.66. The van der Waals surface area contributed by atoms with Crippen molar-refractivity contribution in [2.45, 2.75) is 91.6 Å². The summed E-state index contributed by atoms with van der Waals surface area (Å²) in [4.78, 5) is 10.9. The Bertz CT molecular complexity index is 186. The van der Waals surface area contributed by atoms with Gasteiger partial charge in [-0.3, -0.25) is 0 Å². The molecule has 0 aliphatic rings. The van der Waals surface area contributed by atoms with Gasteiger partial charge in [-0.05, 0) is 30.8 Å². The second kappa shape index (κ2) is 19.0. The van der Waals surface area contributed by atoms with Gasteiger partial charge in [0.05, 0.1) is 6.04 Å². The van der Waals surface area contributed by atoms with Crippen LogP contribution < -0.4 is 5.32 Å². The van der Waals surface area contributed by atoms with Crippen LogP contribution in [0, 0.1) is 0 Å². The van der Waals surface area contributed by atoms with Crippen molar-refractivity contribution in [3.05, 3.63) is 0 Å². The maximum atomic E-state index is 10.9. The van der Waals surface area contributed by atoms with Crippen LogP contribution in [-0.4, -0.2) is 29.9 Å². The van der Waals surface area contributed by atoms with Crippen molar-refractivity contribution in [2.75, 3.05) is 11.5 Å². The molecular weight excluding hydrogens is 266 g/mol. The maximum Gasteiger partial charge on any atom is 0.136 e. The summed E-state index contributed by atoms with van der Waals surface area (Å²) in [5, 5.41) is 3.43. The van der Waals surface area contributed by atoms with Crippen molar-refractivity contribution in [2.24, 2.45) is 0 Å². The third kappa shape index (κ3) is 16.0. The van der Waals surface area contributed by atoms with E-state index in [-0.39, 0.29) is 6.04 Å². The molecular formula is C17H37NOS. The molecule has 20 heavy (non-hydrogen) atoms. The van der Waals surface area contributed by atoms with Crippen molar-refractivity contribution >= 4 is 18.0 Å². The molecule has 0 aliphatic carbocycles. The molecule has 0 aromatic heterocycles. The molecule has 0 aromatic carbocycles. The van der Waals surface area contributed by atoms with E-state index in [1.165, 1.54) is 32.1 Å². The topological polar surface area (TPSA) is 29.1 Å². The van der Waals surface area contributed by atoms with Crippen LogP contribution in [0.3, 0.4) is 0 Å². The molecule has 0 bridgehead atoms. The molecule has 0 spiro atoms. The van der Waals surface area contributed by atoms with Gasteiger partial charge in [0.15, 0.2) is 0 Å². The van der Waals surface area contributed by atoms with Crippen LogP contribution in [0.25, 0.3) is 0 Å². The fourth-order valence-electron chi connectivity index (χ4n) is 1.96. The lowest BCUT2D eigenvalue weighted by atomic mass is 10.1. The molecule has 2 nitrogen and oxygen atoms in total. The Hall–Kier alpha value is -0.0200. The van der Waals surface area contributed by atoms with Crippen molar-refractivity contribution in [1.29, 1.82) is 0 Å². The van der Waals surface area contributed by atoms with E-state index in [0.29, 0.717) is 6.04 Å². The Balaban J connectivity index is 0. The second-order valence-corrected chi connectivity index (χ2v) is 6.54. The van der Waals surface area contributed by atoms with Gasteiger partial charge in [0.25, 0.3) is 0 Å². The Morgan fingerprint density at radius 2 is 1.65 bits per heavy atom. The summed E-state index contributed by atoms with van der Waals surface area (Å²) in [6, 6.07) is 0.567. The SMILES string of the molecule is CCCC(CC)N[C@H](C=O)CCSCC.CCCCC. The quantitative estimate of drug-likeness (QED) is 0.403. The molecule has 1 N–H and O–H groups in total. The first-order chi connectivity index (χ1) is 9.69. The predicted molar refractivity (Wildman–Crippen MR) is 94.8 cm³/mol. The van der Waals surface area contributed by atoms with Gasteiger partial charge < -0.3 is 10.1 Å². The first-order valence-corrected chi connectivity index (χ1v) is 9.64. The smallest absolute Gasteiger partial charge is 0.136 e. The van der Waals surface area contributed by atoms with Crippen LogP contribution in [0.5, 0.6) is 0 Å². The fraction of sp³-hybridized carbons (Fsp3) is 0.941. The Kier molecular flexibility index (Phi) is 21.1. The van der Waals surface area contributed by atoms with Crippen LogP contribution in [0.15, 0.2) is 0 Å². The lowest BCUT2D eigenvalue weighted by Gasteiger charge is -2.20. The standard InChI is InChI=1S/C12H25NOS.C5H12/c1-4-7-11(5-2)13-12(10-14)8-9-15-6-3;1-3-5-4-2/h10-13H,4-9H2,1-3H3;3-5H2,1-2H3/t11?,12-;/m0./s1. The highest BCUT2D eigenvalue weighted by Crippen LogP contribution is 2.07. The molecule has 0 heterocycles. The van der Waals surface area contributed by atoms with E-state index >= 15 is 0 Å². The molecule has 0 rings (SSSR count). The second-order valence-electron chi connectivity index (χ2n) is 5.14. The number of unbranched alkanes of at least 4 members (excludes halogenated alkanes) is 2. The molecule has 0 saturated carbocycles. The third-order valence-electron chi connectivity index (χ3n) is 3.23. The van der Waals surface area contributed by atoms with Gasteiger partial charge in [-0.15, -0.1) is 0 Å². The number of aldehydes is 1. The highest BCUT2D eigenvalue weighted by molar-refractivity contribution is 7.99. The first kappa shape index (κ1) is 22.3. The average molecular weight is 304 g/mol. The summed E-state index contributed by atoms with van der Waals surface area (Å²) >= 11 is 1.90. The summed E-state index contributed by atoms with van der Waals surface area (Å²) in [7, 11) is 0. The lowest BCUT2D eigenvalue weighted by Crippen LogP contribution is -2.39. The minimum absolute atomic E-state index is 0.0561. The highest BCUT2D eigenvalue weighted by Gasteiger charge is 2.12. The van der Waals surface area contributed by atoms with Crippen molar-refractivity contribution in [3.8, 4) is 0 Å². The Labute approximate surface area is 131 Å². The molecule has 0 radical (unpaired) electrons. The number of rotatable bonds is 12. The highest BCUT2D eigenvalue weighted by atomic mass is 32.2. The molecule has 0 aromatic rings. The van der Waals surface area contributed by atoms with Crippen LogP contribution in [-0.2, 0) is 4.79 Å². The van der Waals surface area contributed by atoms with Gasteiger partial charge in [-0.1, -0.05) is 60.3 Å². The van der Waals surface area contributed by atoms with Crippen LogP contribution >= 0.6 is 11.8 Å². The zero-order valence-corrected chi connectivity index (χ0v) is 15.2. The molecule has 0 amide bonds. The average Bonchev–Trinajstić information content (AvgIpc) is 2.47. The Morgan fingerprint density at radius 1 is 1.00 bits per heavy atom. The van der Waals surface area contributed by atoms with Gasteiger partial charge in [0, 0.05) is 6.04 Å². The van der Waals surface area contributed by atoms with Crippen LogP contribution in [0.4, 0.5) is 0 Å². The number of carbonyl (C=O) groups is 1. The number of hydrogen-bond donors (Lipinski definition) is 1. The summed E-state index contributed by atoms with van der Waals surface area (Å²) < 4.78 is 0. The molecule has 1 unspecified atom stereocenters. The summed E-state index contributed by atoms with van der Waals surface area (Å²) in [5.41, 5.74) is 0.